The first-order valence-electron chi connectivity index (χ1n) is 4.80. The van der Waals surface area contributed by atoms with Crippen LogP contribution < -0.4 is 5.32 Å². The maximum Gasteiger partial charge on any atom is 0.169 e. The minimum atomic E-state index is 0.427. The molecule has 0 radical (unpaired) electrons. The molecule has 0 aromatic carbocycles. The topological polar surface area (TPSA) is 25.2 Å². The van der Waals surface area contributed by atoms with Gasteiger partial charge in [-0.2, -0.15) is 0 Å². The largest absolute Gasteiger partial charge is 0.453 e. The van der Waals surface area contributed by atoms with E-state index in [1.165, 1.54) is 12.8 Å². The van der Waals surface area contributed by atoms with Crippen LogP contribution in [-0.2, 0) is 0 Å². The van der Waals surface area contributed by atoms with E-state index in [0.717, 1.165) is 22.9 Å². The average molecular weight is 244 g/mol. The zero-order chi connectivity index (χ0) is 9.26. The van der Waals surface area contributed by atoms with Crippen molar-refractivity contribution in [3.63, 3.8) is 0 Å². The third-order valence-corrected chi connectivity index (χ3v) is 2.84. The third kappa shape index (κ3) is 2.15. The first kappa shape index (κ1) is 9.28. The van der Waals surface area contributed by atoms with Crippen molar-refractivity contribution in [2.45, 2.75) is 25.8 Å². The van der Waals surface area contributed by atoms with E-state index in [9.17, 15) is 0 Å². The van der Waals surface area contributed by atoms with Gasteiger partial charge in [0.2, 0.25) is 0 Å². The quantitative estimate of drug-likeness (QED) is 0.880. The Kier molecular flexibility index (Phi) is 2.74. The molecule has 1 aliphatic carbocycles. The second-order valence-corrected chi connectivity index (χ2v) is 4.30. The predicted octanol–water partition coefficient (Wildman–Crippen LogP) is 3.10. The lowest BCUT2D eigenvalue weighted by atomic mass is 10.1. The summed E-state index contributed by atoms with van der Waals surface area (Å²) in [6.45, 7) is 3.13. The second kappa shape index (κ2) is 3.84. The summed E-state index contributed by atoms with van der Waals surface area (Å²) in [6, 6.07) is 4.44. The normalized spacial score (nSPS) is 18.9. The van der Waals surface area contributed by atoms with Crippen LogP contribution >= 0.6 is 15.9 Å². The summed E-state index contributed by atoms with van der Waals surface area (Å²) in [5.74, 6) is 1.86. The van der Waals surface area contributed by atoms with Gasteiger partial charge >= 0.3 is 0 Å². The molecular weight excluding hydrogens is 230 g/mol. The molecule has 1 saturated carbocycles. The Balaban J connectivity index is 2.10. The fourth-order valence-electron chi connectivity index (χ4n) is 1.64. The average Bonchev–Trinajstić information content (AvgIpc) is 2.85. The van der Waals surface area contributed by atoms with Crippen LogP contribution in [0.3, 0.4) is 0 Å². The Morgan fingerprint density at radius 1 is 1.62 bits per heavy atom. The van der Waals surface area contributed by atoms with E-state index >= 15 is 0 Å². The molecule has 1 fully saturated rings. The fraction of sp³-hybridized carbons (Fsp3) is 0.600. The predicted molar refractivity (Wildman–Crippen MR) is 55.5 cm³/mol. The highest BCUT2D eigenvalue weighted by atomic mass is 79.9. The van der Waals surface area contributed by atoms with E-state index < -0.39 is 0 Å². The summed E-state index contributed by atoms with van der Waals surface area (Å²) in [4.78, 5) is 0. The van der Waals surface area contributed by atoms with Crippen molar-refractivity contribution in [2.24, 2.45) is 5.92 Å². The minimum absolute atomic E-state index is 0.427. The molecule has 1 atom stereocenters. The van der Waals surface area contributed by atoms with Crippen LogP contribution in [0.1, 0.15) is 31.6 Å². The maximum atomic E-state index is 5.55. The van der Waals surface area contributed by atoms with Crippen LogP contribution in [0.4, 0.5) is 0 Å². The molecule has 3 heteroatoms. The summed E-state index contributed by atoms with van der Waals surface area (Å²) in [5.41, 5.74) is 0. The summed E-state index contributed by atoms with van der Waals surface area (Å²) in [6.07, 6.45) is 2.66. The summed E-state index contributed by atoms with van der Waals surface area (Å²) in [5, 5.41) is 3.46. The van der Waals surface area contributed by atoms with Crippen molar-refractivity contribution in [1.82, 2.24) is 5.32 Å². The molecule has 0 spiro atoms. The van der Waals surface area contributed by atoms with Gasteiger partial charge in [0.15, 0.2) is 4.67 Å². The molecule has 2 rings (SSSR count). The van der Waals surface area contributed by atoms with Crippen LogP contribution in [0.5, 0.6) is 0 Å². The summed E-state index contributed by atoms with van der Waals surface area (Å²) in [7, 11) is 0. The van der Waals surface area contributed by atoms with Crippen LogP contribution in [0, 0.1) is 5.92 Å². The molecule has 1 N–H and O–H groups in total. The van der Waals surface area contributed by atoms with E-state index in [1.54, 1.807) is 0 Å². The van der Waals surface area contributed by atoms with Crippen molar-refractivity contribution >= 4 is 15.9 Å². The molecule has 72 valence electrons. The number of hydrogen-bond donors (Lipinski definition) is 1. The number of furan rings is 1. The Hall–Kier alpha value is -0.280. The number of halogens is 1. The SMILES string of the molecule is CCNC(c1ccc(Br)o1)C1CC1. The van der Waals surface area contributed by atoms with Gasteiger partial charge in [-0.05, 0) is 53.4 Å². The van der Waals surface area contributed by atoms with E-state index in [4.69, 9.17) is 4.42 Å². The molecule has 0 bridgehead atoms. The van der Waals surface area contributed by atoms with Crippen molar-refractivity contribution in [3.8, 4) is 0 Å². The van der Waals surface area contributed by atoms with Crippen molar-refractivity contribution < 1.29 is 4.42 Å². The second-order valence-electron chi connectivity index (χ2n) is 3.51. The van der Waals surface area contributed by atoms with Gasteiger partial charge in [0.05, 0.1) is 6.04 Å². The van der Waals surface area contributed by atoms with Gasteiger partial charge < -0.3 is 9.73 Å². The van der Waals surface area contributed by atoms with Gasteiger partial charge in [-0.1, -0.05) is 6.92 Å². The monoisotopic (exact) mass is 243 g/mol. The lowest BCUT2D eigenvalue weighted by Crippen LogP contribution is -2.21. The lowest BCUT2D eigenvalue weighted by molar-refractivity contribution is 0.380. The number of nitrogens with one attached hydrogen (secondary N) is 1. The molecule has 1 unspecified atom stereocenters. The zero-order valence-electron chi connectivity index (χ0n) is 7.72. The standard InChI is InChI=1S/C10H14BrNO/c1-2-12-10(7-3-4-7)8-5-6-9(11)13-8/h5-7,10,12H,2-4H2,1H3. The highest BCUT2D eigenvalue weighted by Crippen LogP contribution is 2.41. The molecule has 1 aromatic heterocycles. The van der Waals surface area contributed by atoms with Crippen LogP contribution in [0.25, 0.3) is 0 Å². The molecule has 2 nitrogen and oxygen atoms in total. The number of hydrogen-bond acceptors (Lipinski definition) is 2. The van der Waals surface area contributed by atoms with Gasteiger partial charge in [-0.15, -0.1) is 0 Å². The first-order chi connectivity index (χ1) is 6.31. The van der Waals surface area contributed by atoms with Gasteiger partial charge in [0.1, 0.15) is 5.76 Å². The third-order valence-electron chi connectivity index (χ3n) is 2.42. The molecule has 1 aromatic rings. The lowest BCUT2D eigenvalue weighted by Gasteiger charge is -2.13. The van der Waals surface area contributed by atoms with E-state index in [1.807, 2.05) is 6.07 Å². The van der Waals surface area contributed by atoms with Gasteiger partial charge in [0.25, 0.3) is 0 Å². The van der Waals surface area contributed by atoms with Crippen LogP contribution in [-0.4, -0.2) is 6.54 Å². The maximum absolute atomic E-state index is 5.55. The van der Waals surface area contributed by atoms with E-state index in [2.05, 4.69) is 34.2 Å². The van der Waals surface area contributed by atoms with Crippen molar-refractivity contribution in [3.05, 3.63) is 22.6 Å². The summed E-state index contributed by atoms with van der Waals surface area (Å²) < 4.78 is 6.38. The van der Waals surface area contributed by atoms with Crippen LogP contribution in [0.15, 0.2) is 21.2 Å². The molecule has 0 saturated heterocycles. The Labute approximate surface area is 86.8 Å². The molecule has 0 aliphatic heterocycles. The summed E-state index contributed by atoms with van der Waals surface area (Å²) >= 11 is 3.33. The Bertz CT molecular complexity index is 280. The molecule has 1 aliphatic rings. The van der Waals surface area contributed by atoms with Crippen LogP contribution in [0.2, 0.25) is 0 Å². The molecular formula is C10H14BrNO. The minimum Gasteiger partial charge on any atom is -0.453 e. The molecule has 1 heterocycles. The van der Waals surface area contributed by atoms with Gasteiger partial charge in [-0.25, -0.2) is 0 Å². The fourth-order valence-corrected chi connectivity index (χ4v) is 1.96. The smallest absolute Gasteiger partial charge is 0.169 e. The zero-order valence-corrected chi connectivity index (χ0v) is 9.30. The van der Waals surface area contributed by atoms with Gasteiger partial charge in [0, 0.05) is 0 Å². The number of rotatable bonds is 4. The molecule has 0 amide bonds. The van der Waals surface area contributed by atoms with Gasteiger partial charge in [-0.3, -0.25) is 0 Å². The van der Waals surface area contributed by atoms with E-state index in [-0.39, 0.29) is 0 Å². The Morgan fingerprint density at radius 2 is 2.38 bits per heavy atom. The van der Waals surface area contributed by atoms with Crippen molar-refractivity contribution in [2.75, 3.05) is 6.54 Å². The van der Waals surface area contributed by atoms with Crippen molar-refractivity contribution in [1.29, 1.82) is 0 Å². The Morgan fingerprint density at radius 3 is 2.85 bits per heavy atom. The first-order valence-corrected chi connectivity index (χ1v) is 5.59. The highest BCUT2D eigenvalue weighted by Gasteiger charge is 2.33. The van der Waals surface area contributed by atoms with E-state index in [0.29, 0.717) is 6.04 Å². The highest BCUT2D eigenvalue weighted by molar-refractivity contribution is 9.10. The molecule has 13 heavy (non-hydrogen) atoms.